The SMILES string of the molecule is Cc1cc(=O)n(CCNc2cccc(Cl)c2)c(C)n1. The summed E-state index contributed by atoms with van der Waals surface area (Å²) in [5.41, 5.74) is 1.68. The molecule has 0 fully saturated rings. The van der Waals surface area contributed by atoms with Crippen LogP contribution in [0.4, 0.5) is 5.69 Å². The Morgan fingerprint density at radius 2 is 2.11 bits per heavy atom. The molecule has 0 spiro atoms. The van der Waals surface area contributed by atoms with Gasteiger partial charge in [-0.25, -0.2) is 4.98 Å². The Bertz CT molecular complexity index is 637. The maximum atomic E-state index is 11.8. The molecular formula is C14H16ClN3O. The molecule has 1 aromatic heterocycles. The molecule has 100 valence electrons. The summed E-state index contributed by atoms with van der Waals surface area (Å²) in [6.45, 7) is 4.88. The summed E-state index contributed by atoms with van der Waals surface area (Å²) in [5, 5.41) is 3.92. The molecule has 0 saturated carbocycles. The first kappa shape index (κ1) is 13.6. The van der Waals surface area contributed by atoms with E-state index in [0.29, 0.717) is 18.1 Å². The number of rotatable bonds is 4. The fraction of sp³-hybridized carbons (Fsp3) is 0.286. The summed E-state index contributed by atoms with van der Waals surface area (Å²) in [5.74, 6) is 0.734. The molecule has 0 radical (unpaired) electrons. The summed E-state index contributed by atoms with van der Waals surface area (Å²) in [6, 6.07) is 9.05. The molecule has 0 unspecified atom stereocenters. The van der Waals surface area contributed by atoms with E-state index < -0.39 is 0 Å². The van der Waals surface area contributed by atoms with E-state index in [-0.39, 0.29) is 5.56 Å². The Morgan fingerprint density at radius 3 is 2.79 bits per heavy atom. The van der Waals surface area contributed by atoms with Crippen LogP contribution in [0.1, 0.15) is 11.5 Å². The van der Waals surface area contributed by atoms with Gasteiger partial charge in [-0.3, -0.25) is 9.36 Å². The average Bonchev–Trinajstić information content (AvgIpc) is 2.32. The van der Waals surface area contributed by atoms with Gasteiger partial charge in [-0.05, 0) is 32.0 Å². The lowest BCUT2D eigenvalue weighted by Crippen LogP contribution is -2.26. The number of nitrogens with one attached hydrogen (secondary N) is 1. The van der Waals surface area contributed by atoms with Gasteiger partial charge in [0, 0.05) is 35.6 Å². The van der Waals surface area contributed by atoms with Crippen molar-refractivity contribution in [3.05, 3.63) is 57.2 Å². The van der Waals surface area contributed by atoms with E-state index in [2.05, 4.69) is 10.3 Å². The van der Waals surface area contributed by atoms with Crippen molar-refractivity contribution in [1.29, 1.82) is 0 Å². The summed E-state index contributed by atoms with van der Waals surface area (Å²) in [7, 11) is 0. The van der Waals surface area contributed by atoms with Crippen molar-refractivity contribution in [2.24, 2.45) is 0 Å². The second-order valence-electron chi connectivity index (χ2n) is 4.37. The maximum absolute atomic E-state index is 11.8. The molecule has 5 heteroatoms. The largest absolute Gasteiger partial charge is 0.383 e. The second kappa shape index (κ2) is 5.89. The molecule has 0 bridgehead atoms. The summed E-state index contributed by atoms with van der Waals surface area (Å²) in [4.78, 5) is 16.1. The molecule has 4 nitrogen and oxygen atoms in total. The Morgan fingerprint density at radius 1 is 1.32 bits per heavy atom. The van der Waals surface area contributed by atoms with Crippen molar-refractivity contribution in [3.8, 4) is 0 Å². The van der Waals surface area contributed by atoms with Gasteiger partial charge in [-0.1, -0.05) is 17.7 Å². The van der Waals surface area contributed by atoms with Crippen LogP contribution in [0.3, 0.4) is 0 Å². The van der Waals surface area contributed by atoms with Crippen molar-refractivity contribution in [2.45, 2.75) is 20.4 Å². The summed E-state index contributed by atoms with van der Waals surface area (Å²) < 4.78 is 1.66. The minimum atomic E-state index is -0.0158. The topological polar surface area (TPSA) is 46.9 Å². The van der Waals surface area contributed by atoms with Gasteiger partial charge >= 0.3 is 0 Å². The molecule has 0 aliphatic rings. The van der Waals surface area contributed by atoms with Crippen LogP contribution in [0.2, 0.25) is 5.02 Å². The lowest BCUT2D eigenvalue weighted by molar-refractivity contribution is 0.648. The molecule has 0 atom stereocenters. The van der Waals surface area contributed by atoms with E-state index in [9.17, 15) is 4.79 Å². The molecule has 2 rings (SSSR count). The van der Waals surface area contributed by atoms with Crippen molar-refractivity contribution < 1.29 is 0 Å². The van der Waals surface area contributed by atoms with Crippen molar-refractivity contribution in [2.75, 3.05) is 11.9 Å². The van der Waals surface area contributed by atoms with E-state index in [4.69, 9.17) is 11.6 Å². The standard InChI is InChI=1S/C14H16ClN3O/c1-10-8-14(19)18(11(2)17-10)7-6-16-13-5-3-4-12(15)9-13/h3-5,8-9,16H,6-7H2,1-2H3. The van der Waals surface area contributed by atoms with Crippen LogP contribution < -0.4 is 10.9 Å². The molecule has 1 aromatic carbocycles. The first-order valence-electron chi connectivity index (χ1n) is 6.11. The predicted octanol–water partition coefficient (Wildman–Crippen LogP) is 2.63. The number of aryl methyl sites for hydroxylation is 2. The molecule has 19 heavy (non-hydrogen) atoms. The fourth-order valence-electron chi connectivity index (χ4n) is 1.95. The number of hydrogen-bond acceptors (Lipinski definition) is 3. The fourth-order valence-corrected chi connectivity index (χ4v) is 2.14. The first-order chi connectivity index (χ1) is 9.06. The van der Waals surface area contributed by atoms with Gasteiger partial charge in [0.1, 0.15) is 5.82 Å². The van der Waals surface area contributed by atoms with Crippen LogP contribution in [0.5, 0.6) is 0 Å². The molecule has 0 amide bonds. The van der Waals surface area contributed by atoms with Crippen LogP contribution in [0.15, 0.2) is 35.1 Å². The molecule has 1 N–H and O–H groups in total. The Balaban J connectivity index is 2.02. The molecule has 0 aliphatic carbocycles. The summed E-state index contributed by atoms with van der Waals surface area (Å²) >= 11 is 5.90. The smallest absolute Gasteiger partial charge is 0.253 e. The number of hydrogen-bond donors (Lipinski definition) is 1. The maximum Gasteiger partial charge on any atom is 0.253 e. The van der Waals surface area contributed by atoms with Gasteiger partial charge < -0.3 is 5.32 Å². The third kappa shape index (κ3) is 3.58. The summed E-state index contributed by atoms with van der Waals surface area (Å²) in [6.07, 6.45) is 0. The third-order valence-electron chi connectivity index (χ3n) is 2.82. The van der Waals surface area contributed by atoms with Crippen molar-refractivity contribution in [3.63, 3.8) is 0 Å². The molecule has 0 aliphatic heterocycles. The highest BCUT2D eigenvalue weighted by Gasteiger charge is 2.02. The van der Waals surface area contributed by atoms with Crippen molar-refractivity contribution in [1.82, 2.24) is 9.55 Å². The lowest BCUT2D eigenvalue weighted by atomic mass is 10.3. The van der Waals surface area contributed by atoms with Gasteiger partial charge in [-0.2, -0.15) is 0 Å². The van der Waals surface area contributed by atoms with Crippen molar-refractivity contribution >= 4 is 17.3 Å². The van der Waals surface area contributed by atoms with Crippen LogP contribution in [0, 0.1) is 13.8 Å². The highest BCUT2D eigenvalue weighted by atomic mass is 35.5. The molecule has 2 aromatic rings. The zero-order chi connectivity index (χ0) is 13.8. The van der Waals surface area contributed by atoms with Crippen LogP contribution >= 0.6 is 11.6 Å². The van der Waals surface area contributed by atoms with Crippen LogP contribution in [0.25, 0.3) is 0 Å². The Labute approximate surface area is 117 Å². The molecular weight excluding hydrogens is 262 g/mol. The average molecular weight is 278 g/mol. The molecule has 1 heterocycles. The monoisotopic (exact) mass is 277 g/mol. The van der Waals surface area contributed by atoms with E-state index >= 15 is 0 Å². The lowest BCUT2D eigenvalue weighted by Gasteiger charge is -2.11. The number of aromatic nitrogens is 2. The Hall–Kier alpha value is -1.81. The predicted molar refractivity (Wildman–Crippen MR) is 77.9 cm³/mol. The molecule has 0 saturated heterocycles. The first-order valence-corrected chi connectivity index (χ1v) is 6.48. The quantitative estimate of drug-likeness (QED) is 0.934. The van der Waals surface area contributed by atoms with Gasteiger partial charge in [0.15, 0.2) is 0 Å². The highest BCUT2D eigenvalue weighted by molar-refractivity contribution is 6.30. The van der Waals surface area contributed by atoms with Gasteiger partial charge in [0.25, 0.3) is 5.56 Å². The minimum absolute atomic E-state index is 0.0158. The number of benzene rings is 1. The zero-order valence-corrected chi connectivity index (χ0v) is 11.7. The number of nitrogens with zero attached hydrogens (tertiary/aromatic N) is 2. The van der Waals surface area contributed by atoms with E-state index in [1.165, 1.54) is 0 Å². The van der Waals surface area contributed by atoms with Crippen LogP contribution in [-0.4, -0.2) is 16.1 Å². The normalized spacial score (nSPS) is 10.5. The number of anilines is 1. The van der Waals surface area contributed by atoms with Gasteiger partial charge in [-0.15, -0.1) is 0 Å². The third-order valence-corrected chi connectivity index (χ3v) is 3.05. The van der Waals surface area contributed by atoms with E-state index in [0.717, 1.165) is 17.2 Å². The van der Waals surface area contributed by atoms with Crippen LogP contribution in [-0.2, 0) is 6.54 Å². The van der Waals surface area contributed by atoms with Gasteiger partial charge in [0.05, 0.1) is 0 Å². The minimum Gasteiger partial charge on any atom is -0.383 e. The second-order valence-corrected chi connectivity index (χ2v) is 4.81. The van der Waals surface area contributed by atoms with Gasteiger partial charge in [0.2, 0.25) is 0 Å². The number of halogens is 1. The van der Waals surface area contributed by atoms with E-state index in [1.54, 1.807) is 10.6 Å². The Kier molecular flexibility index (Phi) is 4.22. The zero-order valence-electron chi connectivity index (χ0n) is 11.0. The van der Waals surface area contributed by atoms with E-state index in [1.807, 2.05) is 38.1 Å². The highest BCUT2D eigenvalue weighted by Crippen LogP contribution is 2.14.